The lowest BCUT2D eigenvalue weighted by molar-refractivity contribution is -0.136. The average Bonchev–Trinajstić information content (AvgIpc) is 3.49. The number of hydrogen-bond acceptors (Lipinski definition) is 5. The number of carbonyl (C=O) groups is 2. The molecule has 178 valence electrons. The van der Waals surface area contributed by atoms with Crippen LogP contribution >= 0.6 is 11.6 Å². The van der Waals surface area contributed by atoms with Gasteiger partial charge < -0.3 is 15.0 Å². The van der Waals surface area contributed by atoms with Crippen LogP contribution in [0.5, 0.6) is 0 Å². The maximum absolute atomic E-state index is 13.7. The Morgan fingerprint density at radius 1 is 1.21 bits per heavy atom. The fourth-order valence-electron chi connectivity index (χ4n) is 4.31. The molecule has 0 atom stereocenters. The van der Waals surface area contributed by atoms with Gasteiger partial charge >= 0.3 is 6.18 Å². The van der Waals surface area contributed by atoms with E-state index in [9.17, 15) is 22.8 Å². The van der Waals surface area contributed by atoms with E-state index in [0.29, 0.717) is 31.5 Å². The number of fused-ring (bicyclic) bond motifs is 1. The highest BCUT2D eigenvalue weighted by Crippen LogP contribution is 2.43. The SMILES string of the molecule is NO.O=C(c1nc2c(C(F)(F)F)cc(C3CC3)cn2c1Cl)N1CC=C(N2CCCC2=O)CC1. The van der Waals surface area contributed by atoms with Crippen LogP contribution in [0.15, 0.2) is 24.0 Å². The van der Waals surface area contributed by atoms with Crippen molar-refractivity contribution in [3.63, 3.8) is 0 Å². The molecule has 12 heteroatoms. The van der Waals surface area contributed by atoms with E-state index in [2.05, 4.69) is 10.9 Å². The summed E-state index contributed by atoms with van der Waals surface area (Å²) in [6, 6.07) is 1.12. The third-order valence-electron chi connectivity index (χ3n) is 6.13. The number of amides is 2. The summed E-state index contributed by atoms with van der Waals surface area (Å²) in [7, 11) is 0. The van der Waals surface area contributed by atoms with Gasteiger partial charge in [0.1, 0.15) is 5.15 Å². The Kier molecular flexibility index (Phi) is 6.39. The molecule has 1 saturated carbocycles. The second kappa shape index (κ2) is 8.96. The molecule has 2 aromatic heterocycles. The van der Waals surface area contributed by atoms with Gasteiger partial charge in [-0.25, -0.2) is 10.9 Å². The number of aromatic nitrogens is 2. The van der Waals surface area contributed by atoms with E-state index in [-0.39, 0.29) is 34.9 Å². The van der Waals surface area contributed by atoms with E-state index in [0.717, 1.165) is 31.0 Å². The second-order valence-corrected chi connectivity index (χ2v) is 8.61. The molecule has 3 N–H and O–H groups in total. The van der Waals surface area contributed by atoms with E-state index in [1.807, 2.05) is 6.08 Å². The smallest absolute Gasteiger partial charge is 0.333 e. The molecule has 0 aromatic carbocycles. The summed E-state index contributed by atoms with van der Waals surface area (Å²) in [4.78, 5) is 32.2. The van der Waals surface area contributed by atoms with Crippen LogP contribution in [0.4, 0.5) is 13.2 Å². The van der Waals surface area contributed by atoms with Crippen molar-refractivity contribution in [3.05, 3.63) is 46.0 Å². The van der Waals surface area contributed by atoms with E-state index < -0.39 is 17.6 Å². The molecule has 2 amide bonds. The summed E-state index contributed by atoms with van der Waals surface area (Å²) >= 11 is 6.36. The van der Waals surface area contributed by atoms with E-state index >= 15 is 0 Å². The molecule has 0 radical (unpaired) electrons. The molecule has 1 saturated heterocycles. The van der Waals surface area contributed by atoms with Crippen molar-refractivity contribution in [3.8, 4) is 0 Å². The Bertz CT molecular complexity index is 1130. The lowest BCUT2D eigenvalue weighted by Gasteiger charge is -2.29. The van der Waals surface area contributed by atoms with Crippen molar-refractivity contribution in [2.45, 2.75) is 44.2 Å². The molecule has 2 aromatic rings. The molecule has 0 unspecified atom stereocenters. The maximum atomic E-state index is 13.7. The predicted molar refractivity (Wildman–Crippen MR) is 113 cm³/mol. The third kappa shape index (κ3) is 4.44. The molecule has 0 bridgehead atoms. The summed E-state index contributed by atoms with van der Waals surface area (Å²) < 4.78 is 42.2. The Balaban J connectivity index is 0.00000126. The first-order chi connectivity index (χ1) is 15.7. The molecular formula is C21H23ClF3N5O3. The number of nitrogens with two attached hydrogens (primary N) is 1. The number of rotatable bonds is 3. The molecule has 4 heterocycles. The highest BCUT2D eigenvalue weighted by Gasteiger charge is 2.38. The third-order valence-corrected chi connectivity index (χ3v) is 6.49. The minimum absolute atomic E-state index is 0.0839. The fourth-order valence-corrected chi connectivity index (χ4v) is 4.56. The fraction of sp³-hybridized carbons (Fsp3) is 0.476. The van der Waals surface area contributed by atoms with Crippen LogP contribution < -0.4 is 5.90 Å². The second-order valence-electron chi connectivity index (χ2n) is 8.25. The van der Waals surface area contributed by atoms with E-state index in [1.54, 1.807) is 11.1 Å². The van der Waals surface area contributed by atoms with Crippen LogP contribution in [-0.4, -0.2) is 55.8 Å². The number of imidazole rings is 1. The first-order valence-electron chi connectivity index (χ1n) is 10.6. The van der Waals surface area contributed by atoms with E-state index in [4.69, 9.17) is 16.8 Å². The Labute approximate surface area is 192 Å². The normalized spacial score (nSPS) is 19.0. The average molecular weight is 486 g/mol. The van der Waals surface area contributed by atoms with Crippen molar-refractivity contribution in [2.24, 2.45) is 5.90 Å². The number of carbonyl (C=O) groups excluding carboxylic acids is 2. The molecule has 1 aliphatic carbocycles. The van der Waals surface area contributed by atoms with Gasteiger partial charge in [0.15, 0.2) is 11.3 Å². The van der Waals surface area contributed by atoms with Gasteiger partial charge in [-0.1, -0.05) is 11.6 Å². The molecule has 2 fully saturated rings. The summed E-state index contributed by atoms with van der Waals surface area (Å²) in [5.74, 6) is 3.15. The van der Waals surface area contributed by atoms with Crippen LogP contribution in [0, 0.1) is 0 Å². The van der Waals surface area contributed by atoms with Gasteiger partial charge in [-0.05, 0) is 42.9 Å². The summed E-state index contributed by atoms with van der Waals surface area (Å²) in [6.07, 6.45) is 2.30. The first kappa shape index (κ1) is 23.5. The van der Waals surface area contributed by atoms with Gasteiger partial charge in [-0.3, -0.25) is 14.0 Å². The number of halogens is 4. The molecule has 3 aliphatic rings. The molecule has 8 nitrogen and oxygen atoms in total. The zero-order valence-electron chi connectivity index (χ0n) is 17.6. The summed E-state index contributed by atoms with van der Waals surface area (Å²) in [5.41, 5.74) is 0.0154. The summed E-state index contributed by atoms with van der Waals surface area (Å²) in [6.45, 7) is 1.28. The van der Waals surface area contributed by atoms with Crippen LogP contribution in [-0.2, 0) is 11.0 Å². The van der Waals surface area contributed by atoms with E-state index in [1.165, 1.54) is 9.30 Å². The molecule has 33 heavy (non-hydrogen) atoms. The van der Waals surface area contributed by atoms with Gasteiger partial charge in [0.05, 0.1) is 5.56 Å². The first-order valence-corrected chi connectivity index (χ1v) is 10.9. The van der Waals surface area contributed by atoms with Gasteiger partial charge in [0.2, 0.25) is 5.91 Å². The largest absolute Gasteiger partial charge is 0.419 e. The Morgan fingerprint density at radius 3 is 2.48 bits per heavy atom. The Morgan fingerprint density at radius 2 is 1.94 bits per heavy atom. The van der Waals surface area contributed by atoms with Gasteiger partial charge in [0.25, 0.3) is 5.91 Å². The maximum Gasteiger partial charge on any atom is 0.419 e. The van der Waals surface area contributed by atoms with Crippen molar-refractivity contribution >= 4 is 29.1 Å². The number of alkyl halides is 3. The highest BCUT2D eigenvalue weighted by atomic mass is 35.5. The molecule has 5 rings (SSSR count). The summed E-state index contributed by atoms with van der Waals surface area (Å²) in [5, 5.41) is 6.39. The standard InChI is InChI=1S/C21H20ClF3N4O2.H3NO/c22-18-17(20(31)27-8-5-14(6-9-27)28-7-1-2-16(28)30)26-19-15(21(23,24)25)10-13(11-29(18)19)12-3-4-12;1-2/h5,10-12H,1-4,6-9H2;2H,1H2. The highest BCUT2D eigenvalue weighted by molar-refractivity contribution is 6.33. The molecule has 2 aliphatic heterocycles. The predicted octanol–water partition coefficient (Wildman–Crippen LogP) is 3.57. The molecular weight excluding hydrogens is 463 g/mol. The monoisotopic (exact) mass is 485 g/mol. The van der Waals surface area contributed by atoms with Crippen molar-refractivity contribution in [2.75, 3.05) is 19.6 Å². The minimum Gasteiger partial charge on any atom is -0.333 e. The Hall–Kier alpha value is -2.63. The van der Waals surface area contributed by atoms with Crippen molar-refractivity contribution < 1.29 is 28.0 Å². The number of hydrogen-bond donors (Lipinski definition) is 2. The van der Waals surface area contributed by atoms with Gasteiger partial charge in [0, 0.05) is 44.4 Å². The lowest BCUT2D eigenvalue weighted by Crippen LogP contribution is -2.38. The number of likely N-dealkylation sites (tertiary alicyclic amines) is 1. The van der Waals surface area contributed by atoms with Crippen LogP contribution in [0.2, 0.25) is 5.15 Å². The quantitative estimate of drug-likeness (QED) is 0.647. The number of pyridine rings is 1. The molecule has 0 spiro atoms. The minimum atomic E-state index is -4.60. The van der Waals surface area contributed by atoms with Gasteiger partial charge in [-0.2, -0.15) is 13.2 Å². The van der Waals surface area contributed by atoms with Crippen LogP contribution in [0.1, 0.15) is 59.6 Å². The van der Waals surface area contributed by atoms with Gasteiger partial charge in [-0.15, -0.1) is 0 Å². The topological polar surface area (TPSA) is 104 Å². The van der Waals surface area contributed by atoms with Crippen molar-refractivity contribution in [1.82, 2.24) is 19.2 Å². The van der Waals surface area contributed by atoms with Crippen LogP contribution in [0.3, 0.4) is 0 Å². The number of nitrogens with zero attached hydrogens (tertiary/aromatic N) is 4. The lowest BCUT2D eigenvalue weighted by atomic mass is 10.1. The zero-order valence-corrected chi connectivity index (χ0v) is 18.4. The zero-order chi connectivity index (χ0) is 23.9. The van der Waals surface area contributed by atoms with Crippen LogP contribution in [0.25, 0.3) is 5.65 Å². The van der Waals surface area contributed by atoms with Crippen molar-refractivity contribution in [1.29, 1.82) is 0 Å².